The zero-order valence-corrected chi connectivity index (χ0v) is 8.20. The smallest absolute Gasteiger partial charge is 0.130 e. The summed E-state index contributed by atoms with van der Waals surface area (Å²) in [6.07, 6.45) is 4.99. The highest BCUT2D eigenvalue weighted by Gasteiger charge is 2.16. The zero-order valence-electron chi connectivity index (χ0n) is 8.20. The van der Waals surface area contributed by atoms with Gasteiger partial charge in [0, 0.05) is 11.8 Å². The summed E-state index contributed by atoms with van der Waals surface area (Å²) in [5.41, 5.74) is 8.97. The number of aryl methyl sites for hydroxylation is 1. The van der Waals surface area contributed by atoms with Gasteiger partial charge in [0.1, 0.15) is 5.82 Å². The van der Waals surface area contributed by atoms with Gasteiger partial charge >= 0.3 is 0 Å². The Balaban J connectivity index is 2.41. The van der Waals surface area contributed by atoms with Crippen LogP contribution in [0.5, 0.6) is 0 Å². The molecule has 0 bridgehead atoms. The molecule has 1 unspecified atom stereocenters. The van der Waals surface area contributed by atoms with Gasteiger partial charge in [0.15, 0.2) is 0 Å². The number of anilines is 1. The molecule has 1 aliphatic carbocycles. The first-order valence-corrected chi connectivity index (χ1v) is 4.78. The van der Waals surface area contributed by atoms with Gasteiger partial charge in [0.05, 0.1) is 6.10 Å². The van der Waals surface area contributed by atoms with E-state index in [0.717, 1.165) is 29.5 Å². The van der Waals surface area contributed by atoms with E-state index in [1.807, 2.05) is 19.1 Å². The summed E-state index contributed by atoms with van der Waals surface area (Å²) in [7, 11) is 0. The molecule has 0 aliphatic heterocycles. The Morgan fingerprint density at radius 1 is 1.57 bits per heavy atom. The van der Waals surface area contributed by atoms with Crippen LogP contribution < -0.4 is 5.73 Å². The van der Waals surface area contributed by atoms with E-state index in [1.54, 1.807) is 6.20 Å². The minimum absolute atomic E-state index is 0.315. The van der Waals surface area contributed by atoms with E-state index in [0.29, 0.717) is 5.82 Å². The van der Waals surface area contributed by atoms with Crippen LogP contribution in [-0.4, -0.2) is 16.2 Å². The molecule has 0 spiro atoms. The van der Waals surface area contributed by atoms with Gasteiger partial charge in [-0.15, -0.1) is 0 Å². The molecule has 2 rings (SSSR count). The molecule has 1 heterocycles. The maximum absolute atomic E-state index is 9.38. The molecule has 1 atom stereocenters. The molecular weight excluding hydrogens is 176 g/mol. The van der Waals surface area contributed by atoms with Crippen LogP contribution >= 0.6 is 0 Å². The third-order valence-electron chi connectivity index (χ3n) is 2.50. The van der Waals surface area contributed by atoms with Crippen molar-refractivity contribution in [2.24, 2.45) is 0 Å². The predicted octanol–water partition coefficient (Wildman–Crippen LogP) is 1.51. The number of aromatic nitrogens is 1. The van der Waals surface area contributed by atoms with Gasteiger partial charge in [-0.05, 0) is 37.0 Å². The van der Waals surface area contributed by atoms with Crippen molar-refractivity contribution in [2.75, 3.05) is 5.73 Å². The number of allylic oxidation sites excluding steroid dienone is 1. The fourth-order valence-electron chi connectivity index (χ4n) is 1.76. The van der Waals surface area contributed by atoms with Crippen LogP contribution in [0, 0.1) is 6.92 Å². The second kappa shape index (κ2) is 3.42. The highest BCUT2D eigenvalue weighted by atomic mass is 16.3. The first kappa shape index (κ1) is 9.21. The Bertz CT molecular complexity index is 385. The van der Waals surface area contributed by atoms with Crippen molar-refractivity contribution in [3.8, 4) is 0 Å². The number of pyridine rings is 1. The van der Waals surface area contributed by atoms with Gasteiger partial charge in [0.25, 0.3) is 0 Å². The molecule has 0 saturated heterocycles. The SMILES string of the molecule is Cc1cnc(N)c(C2=CC(O)CC2)c1. The lowest BCUT2D eigenvalue weighted by Crippen LogP contribution is -1.97. The molecule has 0 fully saturated rings. The quantitative estimate of drug-likeness (QED) is 0.705. The minimum Gasteiger partial charge on any atom is -0.389 e. The first-order chi connectivity index (χ1) is 6.66. The molecule has 1 aromatic rings. The highest BCUT2D eigenvalue weighted by molar-refractivity contribution is 5.75. The topological polar surface area (TPSA) is 59.1 Å². The number of nitrogen functional groups attached to an aromatic ring is 1. The van der Waals surface area contributed by atoms with E-state index in [2.05, 4.69) is 4.98 Å². The summed E-state index contributed by atoms with van der Waals surface area (Å²) >= 11 is 0. The fraction of sp³-hybridized carbons (Fsp3) is 0.364. The molecule has 0 radical (unpaired) electrons. The monoisotopic (exact) mass is 190 g/mol. The Morgan fingerprint density at radius 3 is 3.00 bits per heavy atom. The number of aliphatic hydroxyl groups is 1. The second-order valence-corrected chi connectivity index (χ2v) is 3.74. The van der Waals surface area contributed by atoms with E-state index in [9.17, 15) is 5.11 Å². The van der Waals surface area contributed by atoms with Gasteiger partial charge < -0.3 is 10.8 Å². The number of hydrogen-bond donors (Lipinski definition) is 2. The predicted molar refractivity (Wildman–Crippen MR) is 56.6 cm³/mol. The van der Waals surface area contributed by atoms with Crippen molar-refractivity contribution in [3.05, 3.63) is 29.5 Å². The van der Waals surface area contributed by atoms with E-state index in [1.165, 1.54) is 0 Å². The number of nitrogens with two attached hydrogens (primary N) is 1. The Labute approximate surface area is 83.3 Å². The van der Waals surface area contributed by atoms with Crippen LogP contribution in [0.1, 0.15) is 24.0 Å². The molecule has 0 amide bonds. The standard InChI is InChI=1S/C11H14N2O/c1-7-4-10(11(12)13-6-7)8-2-3-9(14)5-8/h4-6,9,14H,2-3H2,1H3,(H2,12,13). The van der Waals surface area contributed by atoms with Gasteiger partial charge in [-0.2, -0.15) is 0 Å². The van der Waals surface area contributed by atoms with Gasteiger partial charge in [0.2, 0.25) is 0 Å². The lowest BCUT2D eigenvalue weighted by molar-refractivity contribution is 0.223. The van der Waals surface area contributed by atoms with Crippen LogP contribution in [-0.2, 0) is 0 Å². The third-order valence-corrected chi connectivity index (χ3v) is 2.50. The van der Waals surface area contributed by atoms with Crippen LogP contribution in [0.25, 0.3) is 5.57 Å². The number of nitrogens with zero attached hydrogens (tertiary/aromatic N) is 1. The first-order valence-electron chi connectivity index (χ1n) is 4.78. The van der Waals surface area contributed by atoms with Crippen molar-refractivity contribution < 1.29 is 5.11 Å². The van der Waals surface area contributed by atoms with Crippen molar-refractivity contribution in [1.29, 1.82) is 0 Å². The summed E-state index contributed by atoms with van der Waals surface area (Å²) in [5.74, 6) is 0.552. The average molecular weight is 190 g/mol. The summed E-state index contributed by atoms with van der Waals surface area (Å²) in [6.45, 7) is 1.99. The van der Waals surface area contributed by atoms with E-state index in [4.69, 9.17) is 5.73 Å². The maximum atomic E-state index is 9.38. The Kier molecular flexibility index (Phi) is 2.25. The molecule has 0 saturated carbocycles. The Hall–Kier alpha value is -1.35. The van der Waals surface area contributed by atoms with Crippen LogP contribution in [0.3, 0.4) is 0 Å². The number of hydrogen-bond acceptors (Lipinski definition) is 3. The second-order valence-electron chi connectivity index (χ2n) is 3.74. The summed E-state index contributed by atoms with van der Waals surface area (Å²) < 4.78 is 0. The van der Waals surface area contributed by atoms with E-state index < -0.39 is 0 Å². The Morgan fingerprint density at radius 2 is 2.36 bits per heavy atom. The molecule has 1 aliphatic rings. The number of rotatable bonds is 1. The molecule has 3 nitrogen and oxygen atoms in total. The summed E-state index contributed by atoms with van der Waals surface area (Å²) in [4.78, 5) is 4.10. The van der Waals surface area contributed by atoms with Crippen LogP contribution in [0.15, 0.2) is 18.3 Å². The summed E-state index contributed by atoms with van der Waals surface area (Å²) in [5, 5.41) is 9.38. The van der Waals surface area contributed by atoms with Crippen molar-refractivity contribution in [1.82, 2.24) is 4.98 Å². The largest absolute Gasteiger partial charge is 0.389 e. The molecule has 3 heteroatoms. The van der Waals surface area contributed by atoms with Crippen molar-refractivity contribution >= 4 is 11.4 Å². The molecule has 3 N–H and O–H groups in total. The molecule has 1 aromatic heterocycles. The number of aliphatic hydroxyl groups excluding tert-OH is 1. The lowest BCUT2D eigenvalue weighted by Gasteiger charge is -2.05. The molecule has 0 aromatic carbocycles. The van der Waals surface area contributed by atoms with Gasteiger partial charge in [-0.3, -0.25) is 0 Å². The van der Waals surface area contributed by atoms with E-state index >= 15 is 0 Å². The van der Waals surface area contributed by atoms with Gasteiger partial charge in [-0.1, -0.05) is 6.08 Å². The normalized spacial score (nSPS) is 21.0. The minimum atomic E-state index is -0.315. The summed E-state index contributed by atoms with van der Waals surface area (Å²) in [6, 6.07) is 2.02. The van der Waals surface area contributed by atoms with E-state index in [-0.39, 0.29) is 6.10 Å². The highest BCUT2D eigenvalue weighted by Crippen LogP contribution is 2.30. The average Bonchev–Trinajstić information content (AvgIpc) is 2.56. The maximum Gasteiger partial charge on any atom is 0.130 e. The van der Waals surface area contributed by atoms with Crippen molar-refractivity contribution in [2.45, 2.75) is 25.9 Å². The molecular formula is C11H14N2O. The van der Waals surface area contributed by atoms with Crippen LogP contribution in [0.4, 0.5) is 5.82 Å². The molecule has 74 valence electrons. The van der Waals surface area contributed by atoms with Crippen molar-refractivity contribution in [3.63, 3.8) is 0 Å². The fourth-order valence-corrected chi connectivity index (χ4v) is 1.76. The molecule has 14 heavy (non-hydrogen) atoms. The third kappa shape index (κ3) is 1.63. The van der Waals surface area contributed by atoms with Gasteiger partial charge in [-0.25, -0.2) is 4.98 Å². The lowest BCUT2D eigenvalue weighted by atomic mass is 10.1. The zero-order chi connectivity index (χ0) is 10.1. The van der Waals surface area contributed by atoms with Crippen LogP contribution in [0.2, 0.25) is 0 Å².